The number of rotatable bonds is 4. The number of nitrogens with one attached hydrogen (secondary N) is 3. The number of hydrogen-bond donors (Lipinski definition) is 4. The molecule has 0 aliphatic carbocycles. The third-order valence-corrected chi connectivity index (χ3v) is 5.12. The van der Waals surface area contributed by atoms with Crippen molar-refractivity contribution in [3.05, 3.63) is 52.1 Å². The summed E-state index contributed by atoms with van der Waals surface area (Å²) in [5, 5.41) is 11.4. The van der Waals surface area contributed by atoms with Crippen molar-refractivity contribution in [2.75, 3.05) is 0 Å². The van der Waals surface area contributed by atoms with Gasteiger partial charge in [0.1, 0.15) is 5.01 Å². The smallest absolute Gasteiger partial charge is 0.374 e. The van der Waals surface area contributed by atoms with E-state index >= 15 is 0 Å². The number of alkyl halides is 3. The highest BCUT2D eigenvalue weighted by Crippen LogP contribution is 2.42. The van der Waals surface area contributed by atoms with E-state index in [2.05, 4.69) is 15.4 Å². The molecule has 148 valence electrons. The fourth-order valence-electron chi connectivity index (χ4n) is 2.57. The van der Waals surface area contributed by atoms with Crippen LogP contribution in [0.3, 0.4) is 0 Å². The second kappa shape index (κ2) is 7.24. The molecular formula is C17H15F3N4O3S. The molecule has 1 atom stereocenters. The molecule has 0 bridgehead atoms. The van der Waals surface area contributed by atoms with Crippen LogP contribution in [0.5, 0.6) is 0 Å². The standard InChI is InChI=1S/C17H15F3N4O3S/c1-9-8-28-15(22-9)16(27,17(18,19)20)6-13(25)23-24-14(26)11-7-21-12-5-3-2-4-10(11)12/h2-5,7-8,21,27H,6H2,1H3,(H,23,25)(H,24,26). The van der Waals surface area contributed by atoms with Crippen LogP contribution in [-0.4, -0.2) is 33.1 Å². The van der Waals surface area contributed by atoms with Gasteiger partial charge in [-0.3, -0.25) is 20.4 Å². The average molecular weight is 412 g/mol. The van der Waals surface area contributed by atoms with E-state index in [1.165, 1.54) is 18.5 Å². The van der Waals surface area contributed by atoms with Gasteiger partial charge in [-0.2, -0.15) is 13.2 Å². The number of fused-ring (bicyclic) bond motifs is 1. The van der Waals surface area contributed by atoms with Crippen molar-refractivity contribution in [3.8, 4) is 0 Å². The quantitative estimate of drug-likeness (QED) is 0.494. The van der Waals surface area contributed by atoms with Gasteiger partial charge < -0.3 is 10.1 Å². The molecule has 0 saturated carbocycles. The van der Waals surface area contributed by atoms with Gasteiger partial charge in [0.15, 0.2) is 0 Å². The zero-order valence-electron chi connectivity index (χ0n) is 14.4. The fourth-order valence-corrected chi connectivity index (χ4v) is 3.49. The Labute approximate surface area is 160 Å². The molecule has 28 heavy (non-hydrogen) atoms. The largest absolute Gasteiger partial charge is 0.424 e. The number of aliphatic hydroxyl groups is 1. The molecule has 3 aromatic rings. The fraction of sp³-hybridized carbons (Fsp3) is 0.235. The van der Waals surface area contributed by atoms with Crippen molar-refractivity contribution in [2.24, 2.45) is 0 Å². The maximum atomic E-state index is 13.4. The zero-order chi connectivity index (χ0) is 20.5. The number of para-hydroxylation sites is 1. The summed E-state index contributed by atoms with van der Waals surface area (Å²) in [6.07, 6.45) is -5.07. The first kappa shape index (κ1) is 19.8. The van der Waals surface area contributed by atoms with Crippen LogP contribution >= 0.6 is 11.3 Å². The number of hydrazine groups is 1. The number of thiazole rings is 1. The minimum atomic E-state index is -5.13. The van der Waals surface area contributed by atoms with Crippen LogP contribution in [0.15, 0.2) is 35.8 Å². The monoisotopic (exact) mass is 412 g/mol. The maximum Gasteiger partial charge on any atom is 0.424 e. The Morgan fingerprint density at radius 1 is 1.25 bits per heavy atom. The lowest BCUT2D eigenvalue weighted by Crippen LogP contribution is -2.49. The van der Waals surface area contributed by atoms with Gasteiger partial charge in [-0.15, -0.1) is 11.3 Å². The first-order valence-electron chi connectivity index (χ1n) is 7.99. The number of hydrogen-bond acceptors (Lipinski definition) is 5. The number of halogens is 3. The van der Waals surface area contributed by atoms with Crippen molar-refractivity contribution in [2.45, 2.75) is 25.1 Å². The van der Waals surface area contributed by atoms with Crippen molar-refractivity contribution in [1.82, 2.24) is 20.8 Å². The Bertz CT molecular complexity index is 1030. The van der Waals surface area contributed by atoms with Gasteiger partial charge >= 0.3 is 6.18 Å². The SMILES string of the molecule is Cc1csc(C(O)(CC(=O)NNC(=O)c2c[nH]c3ccccc23)C(F)(F)F)n1. The van der Waals surface area contributed by atoms with E-state index in [1.54, 1.807) is 24.3 Å². The molecule has 0 spiro atoms. The van der Waals surface area contributed by atoms with Crippen LogP contribution < -0.4 is 10.9 Å². The van der Waals surface area contributed by atoms with E-state index in [0.29, 0.717) is 22.2 Å². The van der Waals surface area contributed by atoms with Gasteiger partial charge in [-0.1, -0.05) is 18.2 Å². The number of aromatic nitrogens is 2. The summed E-state index contributed by atoms with van der Waals surface area (Å²) in [4.78, 5) is 30.7. The molecule has 0 saturated heterocycles. The van der Waals surface area contributed by atoms with Crippen LogP contribution in [0.25, 0.3) is 10.9 Å². The van der Waals surface area contributed by atoms with Crippen LogP contribution in [0.2, 0.25) is 0 Å². The van der Waals surface area contributed by atoms with Crippen LogP contribution in [-0.2, 0) is 10.4 Å². The summed E-state index contributed by atoms with van der Waals surface area (Å²) < 4.78 is 40.2. The molecule has 4 N–H and O–H groups in total. The number of amides is 2. The van der Waals surface area contributed by atoms with Gasteiger partial charge in [0.25, 0.3) is 5.91 Å². The molecule has 7 nitrogen and oxygen atoms in total. The second-order valence-corrected chi connectivity index (χ2v) is 6.94. The van der Waals surface area contributed by atoms with E-state index in [9.17, 15) is 27.9 Å². The third-order valence-electron chi connectivity index (χ3n) is 4.01. The van der Waals surface area contributed by atoms with Gasteiger partial charge in [0, 0.05) is 28.2 Å². The van der Waals surface area contributed by atoms with E-state index in [-0.39, 0.29) is 11.3 Å². The minimum Gasteiger partial charge on any atom is -0.374 e. The predicted molar refractivity (Wildman–Crippen MR) is 95.3 cm³/mol. The van der Waals surface area contributed by atoms with E-state index in [1.807, 2.05) is 5.43 Å². The topological polar surface area (TPSA) is 107 Å². The normalized spacial score (nSPS) is 13.9. The number of carbonyl (C=O) groups is 2. The molecule has 3 rings (SSSR count). The highest BCUT2D eigenvalue weighted by atomic mass is 32.1. The van der Waals surface area contributed by atoms with Gasteiger partial charge in [0.2, 0.25) is 11.5 Å². The summed E-state index contributed by atoms with van der Waals surface area (Å²) in [5.41, 5.74) is 1.68. The number of H-pyrrole nitrogens is 1. The highest BCUT2D eigenvalue weighted by molar-refractivity contribution is 7.09. The minimum absolute atomic E-state index is 0.206. The Morgan fingerprint density at radius 2 is 1.96 bits per heavy atom. The third kappa shape index (κ3) is 3.71. The number of aromatic amines is 1. The predicted octanol–water partition coefficient (Wildman–Crippen LogP) is 2.53. The Morgan fingerprint density at radius 3 is 2.61 bits per heavy atom. The summed E-state index contributed by atoms with van der Waals surface area (Å²) in [5.74, 6) is -1.94. The molecule has 0 aliphatic heterocycles. The average Bonchev–Trinajstić information content (AvgIpc) is 3.25. The number of benzene rings is 1. The molecule has 0 aliphatic rings. The van der Waals surface area contributed by atoms with Crippen molar-refractivity contribution in [1.29, 1.82) is 0 Å². The summed E-state index contributed by atoms with van der Waals surface area (Å²) in [6.45, 7) is 1.47. The molecule has 2 aromatic heterocycles. The number of nitrogens with zero attached hydrogens (tertiary/aromatic N) is 1. The molecule has 2 amide bonds. The van der Waals surface area contributed by atoms with Crippen LogP contribution in [0.4, 0.5) is 13.2 Å². The molecule has 0 radical (unpaired) electrons. The first-order chi connectivity index (χ1) is 13.1. The molecule has 1 aromatic carbocycles. The molecule has 11 heteroatoms. The van der Waals surface area contributed by atoms with Gasteiger partial charge in [0.05, 0.1) is 12.0 Å². The number of carbonyl (C=O) groups excluding carboxylic acids is 2. The van der Waals surface area contributed by atoms with E-state index in [4.69, 9.17) is 0 Å². The van der Waals surface area contributed by atoms with Crippen LogP contribution in [0, 0.1) is 6.92 Å². The summed E-state index contributed by atoms with van der Waals surface area (Å²) >= 11 is 0.597. The lowest BCUT2D eigenvalue weighted by Gasteiger charge is -2.27. The van der Waals surface area contributed by atoms with Crippen LogP contribution in [0.1, 0.15) is 27.5 Å². The summed E-state index contributed by atoms with van der Waals surface area (Å²) in [6, 6.07) is 6.89. The van der Waals surface area contributed by atoms with Gasteiger partial charge in [-0.05, 0) is 13.0 Å². The molecule has 1 unspecified atom stereocenters. The summed E-state index contributed by atoms with van der Waals surface area (Å²) in [7, 11) is 0. The Balaban J connectivity index is 1.71. The van der Waals surface area contributed by atoms with Crippen molar-refractivity contribution < 1.29 is 27.9 Å². The first-order valence-corrected chi connectivity index (χ1v) is 8.87. The van der Waals surface area contributed by atoms with Crippen molar-refractivity contribution in [3.63, 3.8) is 0 Å². The second-order valence-electron chi connectivity index (χ2n) is 6.08. The molecule has 2 heterocycles. The Kier molecular flexibility index (Phi) is 5.13. The lowest BCUT2D eigenvalue weighted by molar-refractivity contribution is -0.267. The highest BCUT2D eigenvalue weighted by Gasteiger charge is 2.58. The lowest BCUT2D eigenvalue weighted by atomic mass is 9.99. The molecular weight excluding hydrogens is 397 g/mol. The number of aryl methyl sites for hydroxylation is 1. The maximum absolute atomic E-state index is 13.4. The van der Waals surface area contributed by atoms with E-state index < -0.39 is 35.0 Å². The Hall–Kier alpha value is -2.92. The van der Waals surface area contributed by atoms with Gasteiger partial charge in [-0.25, -0.2) is 4.98 Å². The van der Waals surface area contributed by atoms with Crippen molar-refractivity contribution >= 4 is 34.1 Å². The van der Waals surface area contributed by atoms with E-state index in [0.717, 1.165) is 0 Å². The molecule has 0 fully saturated rings. The zero-order valence-corrected chi connectivity index (χ0v) is 15.2.